The highest BCUT2D eigenvalue weighted by atomic mass is 16.7. The Morgan fingerprint density at radius 3 is 1.18 bits per heavy atom. The molecule has 1 heterocycles. The van der Waals surface area contributed by atoms with E-state index in [1.54, 1.807) is 0 Å². The summed E-state index contributed by atoms with van der Waals surface area (Å²) in [6.45, 7) is 3.84. The highest BCUT2D eigenvalue weighted by Gasteiger charge is 2.44. The van der Waals surface area contributed by atoms with E-state index in [1.165, 1.54) is 250 Å². The summed E-state index contributed by atoms with van der Waals surface area (Å²) < 4.78 is 11.3. The van der Waals surface area contributed by atoms with E-state index in [2.05, 4.69) is 43.5 Å². The second-order valence-electron chi connectivity index (χ2n) is 22.6. The lowest BCUT2D eigenvalue weighted by Gasteiger charge is -2.40. The van der Waals surface area contributed by atoms with Crippen LogP contribution in [0.15, 0.2) is 24.3 Å². The summed E-state index contributed by atoms with van der Waals surface area (Å²) >= 11 is 0. The third-order valence-corrected chi connectivity index (χ3v) is 15.6. The summed E-state index contributed by atoms with van der Waals surface area (Å²) in [6.07, 6.45) is 62.6. The Bertz CT molecular complexity index is 1200. The third-order valence-electron chi connectivity index (χ3n) is 15.6. The van der Waals surface area contributed by atoms with E-state index in [0.29, 0.717) is 12.8 Å². The number of ether oxygens (including phenoxy) is 2. The third kappa shape index (κ3) is 43.4. The Morgan fingerprint density at radius 2 is 0.808 bits per heavy atom. The second-order valence-corrected chi connectivity index (χ2v) is 22.6. The number of nitrogens with one attached hydrogen (secondary N) is 1. The van der Waals surface area contributed by atoms with Gasteiger partial charge in [0.1, 0.15) is 24.4 Å². The Labute approximate surface area is 451 Å². The van der Waals surface area contributed by atoms with Gasteiger partial charge in [-0.3, -0.25) is 4.79 Å². The number of aliphatic hydroxyl groups is 5. The minimum absolute atomic E-state index is 0.133. The van der Waals surface area contributed by atoms with Gasteiger partial charge in [0.15, 0.2) is 6.29 Å². The average molecular weight is 1030 g/mol. The molecule has 7 unspecified atom stereocenters. The zero-order chi connectivity index (χ0) is 52.9. The first-order chi connectivity index (χ1) is 35.8. The van der Waals surface area contributed by atoms with Crippen LogP contribution in [0, 0.1) is 0 Å². The van der Waals surface area contributed by atoms with E-state index >= 15 is 0 Å². The van der Waals surface area contributed by atoms with Crippen LogP contribution in [0.1, 0.15) is 322 Å². The van der Waals surface area contributed by atoms with E-state index in [1.807, 2.05) is 0 Å². The zero-order valence-electron chi connectivity index (χ0n) is 48.2. The van der Waals surface area contributed by atoms with Crippen molar-refractivity contribution in [1.29, 1.82) is 0 Å². The van der Waals surface area contributed by atoms with Crippen LogP contribution in [-0.2, 0) is 14.3 Å². The molecular weight excluding hydrogens is 911 g/mol. The van der Waals surface area contributed by atoms with Gasteiger partial charge in [0.2, 0.25) is 5.91 Å². The van der Waals surface area contributed by atoms with Crippen LogP contribution in [-0.4, -0.2) is 87.5 Å². The predicted octanol–water partition coefficient (Wildman–Crippen LogP) is 16.5. The first-order valence-electron chi connectivity index (χ1n) is 32.0. The van der Waals surface area contributed by atoms with Gasteiger partial charge in [-0.1, -0.05) is 295 Å². The van der Waals surface area contributed by atoms with Crippen molar-refractivity contribution >= 4 is 5.91 Å². The SMILES string of the molecule is CCCCCCC/C=C\C/C=C\CCCCCCCCCCCCCCCCCCCCCCCCCCCCCC(=O)NC(COC1OC(CO)C(O)C(O)C1O)C(O)CCCCCCCCCCCCC. The number of carbonyl (C=O) groups excluding carboxylic acids is 1. The van der Waals surface area contributed by atoms with Gasteiger partial charge in [-0.2, -0.15) is 0 Å². The standard InChI is InChI=1S/C64H123NO8/c1-3-5-7-9-11-13-15-16-17-18-19-20-21-22-23-24-25-26-27-28-29-30-31-32-33-34-35-36-37-38-39-40-41-42-44-46-48-50-52-54-60(68)65-57(56-72-64-63(71)62(70)61(69)59(55-66)73-64)58(67)53-51-49-47-45-43-14-12-10-8-6-4-2/h15-16,18-19,57-59,61-64,66-67,69-71H,3-14,17,20-56H2,1-2H3,(H,65,68)/b16-15-,19-18-. The molecule has 0 bridgehead atoms. The molecule has 1 amide bonds. The molecule has 9 heteroatoms. The van der Waals surface area contributed by atoms with Crippen LogP contribution in [0.5, 0.6) is 0 Å². The lowest BCUT2D eigenvalue weighted by atomic mass is 9.99. The van der Waals surface area contributed by atoms with Gasteiger partial charge >= 0.3 is 0 Å². The molecule has 1 aliphatic heterocycles. The maximum Gasteiger partial charge on any atom is 0.220 e. The van der Waals surface area contributed by atoms with Crippen LogP contribution < -0.4 is 5.32 Å². The molecule has 0 aromatic heterocycles. The molecule has 1 aliphatic rings. The molecule has 0 aromatic rings. The summed E-state index contributed by atoms with van der Waals surface area (Å²) in [5, 5.41) is 54.5. The normalized spacial score (nSPS) is 19.1. The monoisotopic (exact) mass is 1030 g/mol. The van der Waals surface area contributed by atoms with Gasteiger partial charge in [0, 0.05) is 6.42 Å². The van der Waals surface area contributed by atoms with Crippen molar-refractivity contribution in [1.82, 2.24) is 5.32 Å². The second kappa shape index (κ2) is 54.0. The highest BCUT2D eigenvalue weighted by molar-refractivity contribution is 5.76. The van der Waals surface area contributed by atoms with Gasteiger partial charge in [-0.15, -0.1) is 0 Å². The number of allylic oxidation sites excluding steroid dienone is 4. The summed E-state index contributed by atoms with van der Waals surface area (Å²) in [4.78, 5) is 13.1. The molecular formula is C64H123NO8. The molecule has 1 rings (SSSR count). The quantitative estimate of drug-likeness (QED) is 0.0261. The fourth-order valence-electron chi connectivity index (χ4n) is 10.5. The first-order valence-corrected chi connectivity index (χ1v) is 32.0. The number of hydrogen-bond donors (Lipinski definition) is 6. The van der Waals surface area contributed by atoms with E-state index in [4.69, 9.17) is 9.47 Å². The van der Waals surface area contributed by atoms with E-state index in [-0.39, 0.29) is 12.5 Å². The van der Waals surface area contributed by atoms with Crippen molar-refractivity contribution in [2.24, 2.45) is 0 Å². The van der Waals surface area contributed by atoms with E-state index in [9.17, 15) is 30.3 Å². The van der Waals surface area contributed by atoms with Crippen molar-refractivity contribution in [2.45, 2.75) is 365 Å². The average Bonchev–Trinajstić information content (AvgIpc) is 3.39. The molecule has 0 aliphatic carbocycles. The maximum absolute atomic E-state index is 13.1. The van der Waals surface area contributed by atoms with E-state index < -0.39 is 49.5 Å². The van der Waals surface area contributed by atoms with Gasteiger partial charge in [-0.05, 0) is 44.9 Å². The van der Waals surface area contributed by atoms with Crippen molar-refractivity contribution in [3.63, 3.8) is 0 Å². The summed E-state index contributed by atoms with van der Waals surface area (Å²) in [6, 6.07) is -0.714. The Hall–Kier alpha value is -1.33. The Kier molecular flexibility index (Phi) is 51.6. The molecule has 432 valence electrons. The van der Waals surface area contributed by atoms with Gasteiger partial charge in [0.05, 0.1) is 25.4 Å². The van der Waals surface area contributed by atoms with Gasteiger partial charge in [-0.25, -0.2) is 0 Å². The number of hydrogen-bond acceptors (Lipinski definition) is 8. The molecule has 9 nitrogen and oxygen atoms in total. The van der Waals surface area contributed by atoms with Crippen molar-refractivity contribution in [2.75, 3.05) is 13.2 Å². The largest absolute Gasteiger partial charge is 0.394 e. The minimum atomic E-state index is -1.55. The van der Waals surface area contributed by atoms with Crippen LogP contribution in [0.4, 0.5) is 0 Å². The summed E-state index contributed by atoms with van der Waals surface area (Å²) in [5.74, 6) is -0.139. The van der Waals surface area contributed by atoms with Crippen LogP contribution in [0.3, 0.4) is 0 Å². The molecule has 0 saturated carbocycles. The lowest BCUT2D eigenvalue weighted by molar-refractivity contribution is -0.302. The number of aliphatic hydroxyl groups excluding tert-OH is 5. The molecule has 0 radical (unpaired) electrons. The van der Waals surface area contributed by atoms with Gasteiger partial charge in [0.25, 0.3) is 0 Å². The molecule has 73 heavy (non-hydrogen) atoms. The molecule has 0 spiro atoms. The van der Waals surface area contributed by atoms with Crippen LogP contribution in [0.25, 0.3) is 0 Å². The molecule has 1 saturated heterocycles. The zero-order valence-corrected chi connectivity index (χ0v) is 48.2. The van der Waals surface area contributed by atoms with Crippen molar-refractivity contribution < 1.29 is 39.8 Å². The fourth-order valence-corrected chi connectivity index (χ4v) is 10.5. The van der Waals surface area contributed by atoms with Crippen molar-refractivity contribution in [3.05, 3.63) is 24.3 Å². The highest BCUT2D eigenvalue weighted by Crippen LogP contribution is 2.24. The molecule has 6 N–H and O–H groups in total. The Morgan fingerprint density at radius 1 is 0.466 bits per heavy atom. The van der Waals surface area contributed by atoms with Crippen LogP contribution >= 0.6 is 0 Å². The van der Waals surface area contributed by atoms with E-state index in [0.717, 1.165) is 44.9 Å². The topological polar surface area (TPSA) is 149 Å². The van der Waals surface area contributed by atoms with Crippen molar-refractivity contribution in [3.8, 4) is 0 Å². The Balaban J connectivity index is 1.99. The fraction of sp³-hybridized carbons (Fsp3) is 0.922. The summed E-state index contributed by atoms with van der Waals surface area (Å²) in [7, 11) is 0. The van der Waals surface area contributed by atoms with Gasteiger partial charge < -0.3 is 40.3 Å². The lowest BCUT2D eigenvalue weighted by Crippen LogP contribution is -2.60. The molecule has 1 fully saturated rings. The molecule has 0 aromatic carbocycles. The molecule has 7 atom stereocenters. The number of amides is 1. The minimum Gasteiger partial charge on any atom is -0.394 e. The first kappa shape index (κ1) is 69.7. The van der Waals surface area contributed by atoms with Crippen LogP contribution in [0.2, 0.25) is 0 Å². The predicted molar refractivity (Wildman–Crippen MR) is 309 cm³/mol. The maximum atomic E-state index is 13.1. The number of rotatable bonds is 56. The smallest absolute Gasteiger partial charge is 0.220 e. The number of unbranched alkanes of at least 4 members (excludes halogenated alkanes) is 42. The summed E-state index contributed by atoms with van der Waals surface area (Å²) in [5.41, 5.74) is 0. The number of carbonyl (C=O) groups is 1.